The molecule has 2 aliphatic rings. The van der Waals surface area contributed by atoms with Gasteiger partial charge in [-0.3, -0.25) is 0 Å². The van der Waals surface area contributed by atoms with E-state index < -0.39 is 68.9 Å². The third kappa shape index (κ3) is 4.64. The molecular weight excluding hydrogens is 695 g/mol. The Morgan fingerprint density at radius 2 is 0.731 bits per heavy atom. The van der Waals surface area contributed by atoms with E-state index in [4.69, 9.17) is 0 Å². The molecule has 258 valence electrons. The molecule has 0 atom stereocenters. The molecule has 9 rings (SSSR count). The van der Waals surface area contributed by atoms with Gasteiger partial charge >= 0.3 is 18.5 Å². The summed E-state index contributed by atoms with van der Waals surface area (Å²) in [6, 6.07) is 23.8. The van der Waals surface area contributed by atoms with Crippen LogP contribution in [0.3, 0.4) is 0 Å². The molecule has 0 saturated heterocycles. The molecule has 5 heterocycles. The van der Waals surface area contributed by atoms with Crippen molar-refractivity contribution in [3.05, 3.63) is 120 Å². The fourth-order valence-electron chi connectivity index (χ4n) is 7.37. The van der Waals surface area contributed by atoms with Crippen LogP contribution >= 0.6 is 0 Å². The summed E-state index contributed by atoms with van der Waals surface area (Å²) in [5.74, 6) is 0. The fourth-order valence-corrected chi connectivity index (χ4v) is 7.37. The second-order valence-electron chi connectivity index (χ2n) is 12.4. The van der Waals surface area contributed by atoms with Gasteiger partial charge in [-0.15, -0.1) is 0 Å². The van der Waals surface area contributed by atoms with Crippen LogP contribution in [0, 0.1) is 0 Å². The molecular formula is C39H19F9N4. The van der Waals surface area contributed by atoms with Crippen molar-refractivity contribution in [1.29, 1.82) is 0 Å². The van der Waals surface area contributed by atoms with E-state index in [-0.39, 0.29) is 55.0 Å². The first-order chi connectivity index (χ1) is 24.7. The number of nitrogens with one attached hydrogen (secondary N) is 2. The van der Waals surface area contributed by atoms with Crippen molar-refractivity contribution >= 4 is 43.6 Å². The lowest BCUT2D eigenvalue weighted by Gasteiger charge is -2.11. The Morgan fingerprint density at radius 3 is 1.19 bits per heavy atom. The predicted octanol–water partition coefficient (Wildman–Crippen LogP) is 12.3. The van der Waals surface area contributed by atoms with E-state index in [1.165, 1.54) is 91.0 Å². The molecule has 4 nitrogen and oxygen atoms in total. The number of rotatable bonds is 0. The standard InChI is InChI=1S/C39H19F9N4/c40-37(41,42)28-31-20-11-3-1-9-18(20)26(49-31)17-27-19-10-2-4-12-21(19)32(50-27)29(38(43,44)45)34-23-14-6-8-16-25(23)36(52-34)30(39(46,47)48)35-24-15-7-5-13-22(24)33(28)51-35/h1-17,49,52H. The number of aromatic amines is 2. The molecule has 0 radical (unpaired) electrons. The first-order valence-electron chi connectivity index (χ1n) is 15.7. The number of alkyl halides is 9. The minimum atomic E-state index is -5.31. The van der Waals surface area contributed by atoms with Crippen LogP contribution in [0.15, 0.2) is 103 Å². The molecule has 3 aromatic heterocycles. The highest BCUT2D eigenvalue weighted by Gasteiger charge is 2.44. The zero-order valence-corrected chi connectivity index (χ0v) is 26.1. The zero-order chi connectivity index (χ0) is 36.3. The third-order valence-corrected chi connectivity index (χ3v) is 9.41. The SMILES string of the molecule is FC(F)(F)c1c2nc(c(C(F)(F)F)c3[nH]c(c(C(F)(F)F)c4nc(cc5[nH]c1c1ccccc51)-c1ccccc1-4)c1ccccc31)-c1ccccc1-2. The van der Waals surface area contributed by atoms with Gasteiger partial charge in [-0.2, -0.15) is 39.5 Å². The second kappa shape index (κ2) is 10.7. The summed E-state index contributed by atoms with van der Waals surface area (Å²) in [5.41, 5.74) is -8.44. The Balaban J connectivity index is 1.66. The Bertz CT molecular complexity index is 2810. The van der Waals surface area contributed by atoms with Gasteiger partial charge in [-0.05, 0) is 6.07 Å². The molecule has 0 spiro atoms. The molecule has 4 aromatic carbocycles. The lowest BCUT2D eigenvalue weighted by Crippen LogP contribution is -2.09. The quantitative estimate of drug-likeness (QED) is 0.154. The van der Waals surface area contributed by atoms with Crippen molar-refractivity contribution in [2.75, 3.05) is 0 Å². The summed E-state index contributed by atoms with van der Waals surface area (Å²) in [4.78, 5) is 13.8. The van der Waals surface area contributed by atoms with E-state index >= 15 is 39.5 Å². The number of halogens is 9. The minimum absolute atomic E-state index is 0.00403. The van der Waals surface area contributed by atoms with Gasteiger partial charge in [0, 0.05) is 49.3 Å². The summed E-state index contributed by atoms with van der Waals surface area (Å²) in [6.07, 6.45) is -15.6. The second-order valence-corrected chi connectivity index (χ2v) is 12.4. The zero-order valence-electron chi connectivity index (χ0n) is 26.1. The van der Waals surface area contributed by atoms with Crippen LogP contribution in [0.5, 0.6) is 0 Å². The molecule has 0 fully saturated rings. The van der Waals surface area contributed by atoms with E-state index in [2.05, 4.69) is 19.9 Å². The Labute approximate surface area is 286 Å². The number of hydrogen-bond donors (Lipinski definition) is 2. The summed E-state index contributed by atoms with van der Waals surface area (Å²) < 4.78 is 139. The highest BCUT2D eigenvalue weighted by Crippen LogP contribution is 2.51. The van der Waals surface area contributed by atoms with E-state index in [1.807, 2.05) is 0 Å². The van der Waals surface area contributed by atoms with Gasteiger partial charge < -0.3 is 9.97 Å². The van der Waals surface area contributed by atoms with Gasteiger partial charge in [-0.25, -0.2) is 9.97 Å². The lowest BCUT2D eigenvalue weighted by atomic mass is 9.98. The van der Waals surface area contributed by atoms with Crippen molar-refractivity contribution < 1.29 is 39.5 Å². The van der Waals surface area contributed by atoms with Crippen molar-refractivity contribution in [2.24, 2.45) is 0 Å². The molecule has 0 saturated carbocycles. The van der Waals surface area contributed by atoms with Crippen molar-refractivity contribution in [2.45, 2.75) is 18.5 Å². The van der Waals surface area contributed by atoms with Crippen LogP contribution in [-0.4, -0.2) is 19.9 Å². The molecule has 0 aliphatic carbocycles. The third-order valence-electron chi connectivity index (χ3n) is 9.41. The molecule has 7 aromatic rings. The van der Waals surface area contributed by atoms with Crippen LogP contribution in [-0.2, 0) is 18.5 Å². The number of H-pyrrole nitrogens is 2. The van der Waals surface area contributed by atoms with E-state index in [0.717, 1.165) is 0 Å². The first-order valence-corrected chi connectivity index (χ1v) is 15.7. The Hall–Kier alpha value is -6.11. The number of hydrogen-bond acceptors (Lipinski definition) is 2. The maximum atomic E-state index is 15.5. The summed E-state index contributed by atoms with van der Waals surface area (Å²) >= 11 is 0. The normalized spacial score (nSPS) is 13.1. The maximum Gasteiger partial charge on any atom is 0.420 e. The topological polar surface area (TPSA) is 57.4 Å². The number of aromatic nitrogens is 4. The minimum Gasteiger partial charge on any atom is -0.354 e. The predicted molar refractivity (Wildman–Crippen MR) is 180 cm³/mol. The smallest absolute Gasteiger partial charge is 0.354 e. The maximum absolute atomic E-state index is 15.5. The van der Waals surface area contributed by atoms with Crippen LogP contribution in [0.1, 0.15) is 16.7 Å². The molecule has 2 N–H and O–H groups in total. The molecule has 13 heteroatoms. The van der Waals surface area contributed by atoms with Gasteiger partial charge in [-0.1, -0.05) is 97.1 Å². The average molecular weight is 715 g/mol. The van der Waals surface area contributed by atoms with Crippen LogP contribution in [0.25, 0.3) is 88.6 Å². The highest BCUT2D eigenvalue weighted by molar-refractivity contribution is 6.13. The fraction of sp³-hybridized carbons (Fsp3) is 0.0769. The van der Waals surface area contributed by atoms with E-state index in [1.54, 1.807) is 12.1 Å². The van der Waals surface area contributed by atoms with Gasteiger partial charge in [0.2, 0.25) is 0 Å². The van der Waals surface area contributed by atoms with Crippen LogP contribution in [0.2, 0.25) is 0 Å². The molecule has 2 aliphatic heterocycles. The van der Waals surface area contributed by atoms with Gasteiger partial charge in [0.05, 0.1) is 39.3 Å². The van der Waals surface area contributed by atoms with E-state index in [9.17, 15) is 0 Å². The van der Waals surface area contributed by atoms with Crippen LogP contribution < -0.4 is 0 Å². The lowest BCUT2D eigenvalue weighted by molar-refractivity contribution is -0.136. The van der Waals surface area contributed by atoms with Gasteiger partial charge in [0.25, 0.3) is 0 Å². The summed E-state index contributed by atoms with van der Waals surface area (Å²) in [7, 11) is 0. The molecule has 8 bridgehead atoms. The average Bonchev–Trinajstić information content (AvgIpc) is 3.83. The monoisotopic (exact) mass is 714 g/mol. The number of fused-ring (bicyclic) bond motifs is 20. The summed E-state index contributed by atoms with van der Waals surface area (Å²) in [6.45, 7) is 0. The Morgan fingerprint density at radius 1 is 0.385 bits per heavy atom. The Kier molecular flexibility index (Phi) is 6.55. The largest absolute Gasteiger partial charge is 0.420 e. The number of nitrogens with zero attached hydrogens (tertiary/aromatic N) is 2. The van der Waals surface area contributed by atoms with Crippen molar-refractivity contribution in [3.8, 4) is 45.0 Å². The molecule has 0 amide bonds. The first kappa shape index (κ1) is 31.8. The van der Waals surface area contributed by atoms with Gasteiger partial charge in [0.1, 0.15) is 16.7 Å². The molecule has 0 unspecified atom stereocenters. The molecule has 52 heavy (non-hydrogen) atoms. The van der Waals surface area contributed by atoms with E-state index in [0.29, 0.717) is 0 Å². The highest BCUT2D eigenvalue weighted by atomic mass is 19.4. The van der Waals surface area contributed by atoms with Crippen molar-refractivity contribution in [1.82, 2.24) is 19.9 Å². The van der Waals surface area contributed by atoms with Crippen molar-refractivity contribution in [3.63, 3.8) is 0 Å². The summed E-state index contributed by atoms with van der Waals surface area (Å²) in [5, 5.41) is -0.105. The van der Waals surface area contributed by atoms with Gasteiger partial charge in [0.15, 0.2) is 0 Å². The number of benzene rings is 4. The van der Waals surface area contributed by atoms with Crippen LogP contribution in [0.4, 0.5) is 39.5 Å².